The van der Waals surface area contributed by atoms with Crippen LogP contribution in [0.5, 0.6) is 5.75 Å². The number of fused-ring (bicyclic) bond motifs is 1. The van der Waals surface area contributed by atoms with E-state index in [-0.39, 0.29) is 0 Å². The Hall–Kier alpha value is -1.39. The zero-order valence-electron chi connectivity index (χ0n) is 12.9. The van der Waals surface area contributed by atoms with Gasteiger partial charge in [0.05, 0.1) is 17.3 Å². The highest BCUT2D eigenvalue weighted by molar-refractivity contribution is 7.11. The summed E-state index contributed by atoms with van der Waals surface area (Å²) in [4.78, 5) is 5.86. The molecule has 2 heterocycles. The Balaban J connectivity index is 1.55. The summed E-state index contributed by atoms with van der Waals surface area (Å²) in [7, 11) is 0. The molecule has 1 N–H and O–H groups in total. The monoisotopic (exact) mass is 302 g/mol. The van der Waals surface area contributed by atoms with Crippen LogP contribution < -0.4 is 10.1 Å². The van der Waals surface area contributed by atoms with Crippen molar-refractivity contribution in [2.45, 2.75) is 39.7 Å². The van der Waals surface area contributed by atoms with Gasteiger partial charge < -0.3 is 10.1 Å². The summed E-state index contributed by atoms with van der Waals surface area (Å²) in [6.45, 7) is 8.20. The average Bonchev–Trinajstić information content (AvgIpc) is 3.04. The summed E-state index contributed by atoms with van der Waals surface area (Å²) in [6.07, 6.45) is 2.10. The quantitative estimate of drug-likeness (QED) is 0.916. The molecule has 112 valence electrons. The van der Waals surface area contributed by atoms with E-state index in [1.54, 1.807) is 11.3 Å². The van der Waals surface area contributed by atoms with Gasteiger partial charge in [-0.25, -0.2) is 4.98 Å². The van der Waals surface area contributed by atoms with Crippen molar-refractivity contribution in [2.24, 2.45) is 0 Å². The van der Waals surface area contributed by atoms with E-state index in [1.807, 2.05) is 0 Å². The van der Waals surface area contributed by atoms with E-state index in [0.29, 0.717) is 6.04 Å². The van der Waals surface area contributed by atoms with Crippen molar-refractivity contribution < 1.29 is 4.74 Å². The summed E-state index contributed by atoms with van der Waals surface area (Å²) in [5.74, 6) is 1.07. The summed E-state index contributed by atoms with van der Waals surface area (Å²) in [6, 6.07) is 6.95. The lowest BCUT2D eigenvalue weighted by Gasteiger charge is -2.13. The van der Waals surface area contributed by atoms with Crippen LogP contribution in [0.3, 0.4) is 0 Å². The molecule has 2 aromatic rings. The number of nitrogens with zero attached hydrogens (tertiary/aromatic N) is 1. The normalized spacial score (nSPS) is 14.8. The Morgan fingerprint density at radius 2 is 2.24 bits per heavy atom. The number of aryl methyl sites for hydroxylation is 2. The maximum atomic E-state index is 5.55. The second-order valence-corrected chi connectivity index (χ2v) is 6.88. The van der Waals surface area contributed by atoms with Gasteiger partial charge in [-0.3, -0.25) is 0 Å². The summed E-state index contributed by atoms with van der Waals surface area (Å²) in [5.41, 5.74) is 3.90. The Morgan fingerprint density at radius 1 is 1.38 bits per heavy atom. The van der Waals surface area contributed by atoms with Crippen molar-refractivity contribution in [3.05, 3.63) is 44.9 Å². The van der Waals surface area contributed by atoms with Crippen molar-refractivity contribution in [1.29, 1.82) is 0 Å². The van der Waals surface area contributed by atoms with Crippen LogP contribution in [-0.2, 0) is 12.8 Å². The Morgan fingerprint density at radius 3 is 3.00 bits per heavy atom. The molecule has 1 aliphatic heterocycles. The third-order valence-electron chi connectivity index (χ3n) is 3.95. The van der Waals surface area contributed by atoms with Crippen molar-refractivity contribution in [2.75, 3.05) is 13.2 Å². The molecule has 3 rings (SSSR count). The summed E-state index contributed by atoms with van der Waals surface area (Å²) < 4.78 is 5.55. The predicted molar refractivity (Wildman–Crippen MR) is 87.4 cm³/mol. The highest BCUT2D eigenvalue weighted by Crippen LogP contribution is 2.26. The molecule has 1 aromatic carbocycles. The zero-order valence-corrected chi connectivity index (χ0v) is 13.7. The van der Waals surface area contributed by atoms with Crippen LogP contribution in [0.2, 0.25) is 0 Å². The lowest BCUT2D eigenvalue weighted by atomic mass is 10.1. The molecule has 0 saturated heterocycles. The lowest BCUT2D eigenvalue weighted by molar-refractivity contribution is 0.357. The van der Waals surface area contributed by atoms with Crippen molar-refractivity contribution in [3.63, 3.8) is 0 Å². The SMILES string of the molecule is Cc1nc(C)c(C(C)NCCc2ccc3c(c2)CCO3)s1. The molecule has 1 unspecified atom stereocenters. The Bertz CT molecular complexity index is 636. The van der Waals surface area contributed by atoms with Gasteiger partial charge in [-0.15, -0.1) is 11.3 Å². The predicted octanol–water partition coefficient (Wildman–Crippen LogP) is 3.59. The maximum absolute atomic E-state index is 5.55. The van der Waals surface area contributed by atoms with Crippen molar-refractivity contribution >= 4 is 11.3 Å². The zero-order chi connectivity index (χ0) is 14.8. The maximum Gasteiger partial charge on any atom is 0.122 e. The van der Waals surface area contributed by atoms with E-state index >= 15 is 0 Å². The lowest BCUT2D eigenvalue weighted by Crippen LogP contribution is -2.21. The number of rotatable bonds is 5. The van der Waals surface area contributed by atoms with Gasteiger partial charge >= 0.3 is 0 Å². The second kappa shape index (κ2) is 6.16. The minimum Gasteiger partial charge on any atom is -0.493 e. The van der Waals surface area contributed by atoms with E-state index in [4.69, 9.17) is 4.74 Å². The van der Waals surface area contributed by atoms with Crippen LogP contribution in [0.4, 0.5) is 0 Å². The molecule has 0 radical (unpaired) electrons. The van der Waals surface area contributed by atoms with Crippen LogP contribution >= 0.6 is 11.3 Å². The van der Waals surface area contributed by atoms with Crippen LogP contribution in [0.25, 0.3) is 0 Å². The molecule has 0 fully saturated rings. The number of thiazole rings is 1. The van der Waals surface area contributed by atoms with Crippen LogP contribution in [0.15, 0.2) is 18.2 Å². The molecule has 1 aromatic heterocycles. The van der Waals surface area contributed by atoms with Crippen molar-refractivity contribution in [1.82, 2.24) is 10.3 Å². The van der Waals surface area contributed by atoms with E-state index in [9.17, 15) is 0 Å². The van der Waals surface area contributed by atoms with Gasteiger partial charge in [-0.1, -0.05) is 12.1 Å². The van der Waals surface area contributed by atoms with Gasteiger partial charge in [-0.2, -0.15) is 0 Å². The van der Waals surface area contributed by atoms with E-state index in [0.717, 1.165) is 42.4 Å². The van der Waals surface area contributed by atoms with Crippen LogP contribution in [0, 0.1) is 13.8 Å². The fraction of sp³-hybridized carbons (Fsp3) is 0.471. The third-order valence-corrected chi connectivity index (χ3v) is 5.21. The molecule has 1 atom stereocenters. The molecule has 0 aliphatic carbocycles. The van der Waals surface area contributed by atoms with Gasteiger partial charge in [-0.05, 0) is 50.9 Å². The molecule has 21 heavy (non-hydrogen) atoms. The highest BCUT2D eigenvalue weighted by atomic mass is 32.1. The molecule has 0 amide bonds. The van der Waals surface area contributed by atoms with Gasteiger partial charge in [0, 0.05) is 17.3 Å². The minimum atomic E-state index is 0.369. The number of hydrogen-bond acceptors (Lipinski definition) is 4. The number of nitrogens with one attached hydrogen (secondary N) is 1. The standard InChI is InChI=1S/C17H22N2OS/c1-11(17-12(2)19-13(3)21-17)18-8-6-14-4-5-16-15(10-14)7-9-20-16/h4-5,10-11,18H,6-9H2,1-3H3. The smallest absolute Gasteiger partial charge is 0.122 e. The summed E-state index contributed by atoms with van der Waals surface area (Å²) >= 11 is 1.79. The fourth-order valence-corrected chi connectivity index (χ4v) is 3.82. The summed E-state index contributed by atoms with van der Waals surface area (Å²) in [5, 5.41) is 4.76. The van der Waals surface area contributed by atoms with E-state index in [2.05, 4.69) is 49.3 Å². The van der Waals surface area contributed by atoms with Crippen LogP contribution in [-0.4, -0.2) is 18.1 Å². The van der Waals surface area contributed by atoms with E-state index in [1.165, 1.54) is 16.0 Å². The topological polar surface area (TPSA) is 34.2 Å². The van der Waals surface area contributed by atoms with E-state index < -0.39 is 0 Å². The molecule has 1 aliphatic rings. The molecule has 0 saturated carbocycles. The number of ether oxygens (including phenoxy) is 1. The molecule has 0 bridgehead atoms. The largest absolute Gasteiger partial charge is 0.493 e. The number of benzene rings is 1. The Kier molecular flexibility index (Phi) is 4.27. The third kappa shape index (κ3) is 3.27. The first-order valence-electron chi connectivity index (χ1n) is 7.55. The minimum absolute atomic E-state index is 0.369. The van der Waals surface area contributed by atoms with Gasteiger partial charge in [0.15, 0.2) is 0 Å². The first-order chi connectivity index (χ1) is 10.1. The molecular formula is C17H22N2OS. The van der Waals surface area contributed by atoms with Gasteiger partial charge in [0.1, 0.15) is 5.75 Å². The van der Waals surface area contributed by atoms with Gasteiger partial charge in [0.2, 0.25) is 0 Å². The molecule has 0 spiro atoms. The molecule has 3 nitrogen and oxygen atoms in total. The average molecular weight is 302 g/mol. The number of hydrogen-bond donors (Lipinski definition) is 1. The highest BCUT2D eigenvalue weighted by Gasteiger charge is 2.13. The number of aromatic nitrogens is 1. The first kappa shape index (κ1) is 14.5. The second-order valence-electron chi connectivity index (χ2n) is 5.65. The van der Waals surface area contributed by atoms with Crippen LogP contribution in [0.1, 0.15) is 39.7 Å². The molecule has 4 heteroatoms. The van der Waals surface area contributed by atoms with Crippen molar-refractivity contribution in [3.8, 4) is 5.75 Å². The Labute approximate surface area is 130 Å². The first-order valence-corrected chi connectivity index (χ1v) is 8.37. The molecular weight excluding hydrogens is 280 g/mol. The van der Waals surface area contributed by atoms with Gasteiger partial charge in [0.25, 0.3) is 0 Å². The fourth-order valence-electron chi connectivity index (χ4n) is 2.87.